The quantitative estimate of drug-likeness (QED) is 0.411. The Kier molecular flexibility index (Phi) is 7.21. The Labute approximate surface area is 119 Å². The molecule has 0 unspecified atom stereocenters. The molecule has 0 aliphatic carbocycles. The third-order valence-electron chi connectivity index (χ3n) is 2.50. The fraction of sp³-hybridized carbons (Fsp3) is 0.400. The number of ether oxygens (including phenoxy) is 2. The van der Waals surface area contributed by atoms with Crippen molar-refractivity contribution in [3.8, 4) is 5.75 Å². The summed E-state index contributed by atoms with van der Waals surface area (Å²) in [5.41, 5.74) is 6.73. The van der Waals surface area contributed by atoms with Gasteiger partial charge in [0.1, 0.15) is 5.75 Å². The van der Waals surface area contributed by atoms with Crippen LogP contribution in [0.25, 0.3) is 0 Å². The summed E-state index contributed by atoms with van der Waals surface area (Å²) in [6.45, 7) is 7.56. The van der Waals surface area contributed by atoms with Crippen LogP contribution in [0, 0.1) is 0 Å². The molecule has 0 fully saturated rings. The number of benzene rings is 1. The molecule has 0 aromatic heterocycles. The number of carbonyl (C=O) groups is 1. The van der Waals surface area contributed by atoms with E-state index >= 15 is 0 Å². The molecular weight excluding hydrogens is 256 g/mol. The van der Waals surface area contributed by atoms with Crippen LogP contribution < -0.4 is 15.8 Å². The van der Waals surface area contributed by atoms with Crippen molar-refractivity contribution in [2.45, 2.75) is 13.3 Å². The predicted octanol–water partition coefficient (Wildman–Crippen LogP) is 1.99. The minimum absolute atomic E-state index is 0.189. The van der Waals surface area contributed by atoms with Gasteiger partial charge in [0.2, 0.25) is 0 Å². The highest BCUT2D eigenvalue weighted by atomic mass is 16.5. The molecule has 1 amide bonds. The van der Waals surface area contributed by atoms with E-state index in [0.29, 0.717) is 43.4 Å². The van der Waals surface area contributed by atoms with E-state index in [1.165, 1.54) is 0 Å². The van der Waals surface area contributed by atoms with E-state index in [9.17, 15) is 4.79 Å². The molecule has 3 N–H and O–H groups in total. The maximum absolute atomic E-state index is 11.9. The first kappa shape index (κ1) is 16.0. The SMILES string of the molecule is C=CCCOCCNC(=O)c1cc(N)cc(OCC)c1. The second-order valence-corrected chi connectivity index (χ2v) is 4.17. The van der Waals surface area contributed by atoms with Crippen LogP contribution in [-0.2, 0) is 4.74 Å². The van der Waals surface area contributed by atoms with Gasteiger partial charge in [0.05, 0.1) is 19.8 Å². The minimum atomic E-state index is -0.189. The van der Waals surface area contributed by atoms with Gasteiger partial charge in [-0.2, -0.15) is 0 Å². The molecule has 0 saturated heterocycles. The van der Waals surface area contributed by atoms with Gasteiger partial charge in [0, 0.05) is 23.9 Å². The lowest BCUT2D eigenvalue weighted by molar-refractivity contribution is 0.0917. The van der Waals surface area contributed by atoms with E-state index in [1.807, 2.05) is 6.92 Å². The van der Waals surface area contributed by atoms with Gasteiger partial charge in [-0.25, -0.2) is 0 Å². The van der Waals surface area contributed by atoms with Crippen LogP contribution in [0.4, 0.5) is 5.69 Å². The molecule has 0 radical (unpaired) electrons. The van der Waals surface area contributed by atoms with Crippen molar-refractivity contribution >= 4 is 11.6 Å². The summed E-state index contributed by atoms with van der Waals surface area (Å²) in [5.74, 6) is 0.408. The van der Waals surface area contributed by atoms with Gasteiger partial charge in [0.25, 0.3) is 5.91 Å². The van der Waals surface area contributed by atoms with Crippen LogP contribution in [0.2, 0.25) is 0 Å². The largest absolute Gasteiger partial charge is 0.494 e. The number of carbonyl (C=O) groups excluding carboxylic acids is 1. The summed E-state index contributed by atoms with van der Waals surface area (Å²) in [6, 6.07) is 4.99. The average molecular weight is 278 g/mol. The van der Waals surface area contributed by atoms with Crippen molar-refractivity contribution in [2.75, 3.05) is 32.1 Å². The van der Waals surface area contributed by atoms with Crippen LogP contribution in [0.3, 0.4) is 0 Å². The molecule has 0 bridgehead atoms. The van der Waals surface area contributed by atoms with E-state index in [2.05, 4.69) is 11.9 Å². The van der Waals surface area contributed by atoms with Crippen LogP contribution in [0.5, 0.6) is 5.75 Å². The molecule has 110 valence electrons. The molecule has 0 atom stereocenters. The smallest absolute Gasteiger partial charge is 0.251 e. The highest BCUT2D eigenvalue weighted by molar-refractivity contribution is 5.95. The predicted molar refractivity (Wildman–Crippen MR) is 80.0 cm³/mol. The molecular formula is C15H22N2O3. The molecule has 20 heavy (non-hydrogen) atoms. The average Bonchev–Trinajstić information content (AvgIpc) is 2.42. The Morgan fingerprint density at radius 2 is 2.20 bits per heavy atom. The van der Waals surface area contributed by atoms with Crippen LogP contribution in [0.1, 0.15) is 23.7 Å². The van der Waals surface area contributed by atoms with Crippen molar-refractivity contribution in [3.05, 3.63) is 36.4 Å². The summed E-state index contributed by atoms with van der Waals surface area (Å²) >= 11 is 0. The van der Waals surface area contributed by atoms with Gasteiger partial charge in [-0.15, -0.1) is 6.58 Å². The number of rotatable bonds is 9. The topological polar surface area (TPSA) is 73.6 Å². The highest BCUT2D eigenvalue weighted by Gasteiger charge is 2.08. The molecule has 0 aliphatic rings. The van der Waals surface area contributed by atoms with Crippen molar-refractivity contribution in [1.29, 1.82) is 0 Å². The van der Waals surface area contributed by atoms with Gasteiger partial charge in [-0.3, -0.25) is 4.79 Å². The van der Waals surface area contributed by atoms with Gasteiger partial charge in [-0.05, 0) is 25.5 Å². The molecule has 0 aliphatic heterocycles. The summed E-state index contributed by atoms with van der Waals surface area (Å²) in [4.78, 5) is 11.9. The number of amides is 1. The summed E-state index contributed by atoms with van der Waals surface area (Å²) in [7, 11) is 0. The summed E-state index contributed by atoms with van der Waals surface area (Å²) in [5, 5.41) is 2.77. The minimum Gasteiger partial charge on any atom is -0.494 e. The third-order valence-corrected chi connectivity index (χ3v) is 2.50. The molecule has 1 aromatic carbocycles. The lowest BCUT2D eigenvalue weighted by Crippen LogP contribution is -2.27. The van der Waals surface area contributed by atoms with E-state index in [0.717, 1.165) is 6.42 Å². The van der Waals surface area contributed by atoms with Gasteiger partial charge >= 0.3 is 0 Å². The highest BCUT2D eigenvalue weighted by Crippen LogP contribution is 2.18. The van der Waals surface area contributed by atoms with Crippen molar-refractivity contribution in [3.63, 3.8) is 0 Å². The number of hydrogen-bond acceptors (Lipinski definition) is 4. The molecule has 1 rings (SSSR count). The zero-order valence-electron chi connectivity index (χ0n) is 11.9. The van der Waals surface area contributed by atoms with E-state index in [4.69, 9.17) is 15.2 Å². The van der Waals surface area contributed by atoms with Gasteiger partial charge in [-0.1, -0.05) is 6.08 Å². The van der Waals surface area contributed by atoms with Crippen molar-refractivity contribution in [2.24, 2.45) is 0 Å². The number of nitrogen functional groups attached to an aromatic ring is 1. The number of hydrogen-bond donors (Lipinski definition) is 2. The molecule has 0 heterocycles. The zero-order valence-corrected chi connectivity index (χ0v) is 11.9. The molecule has 5 nitrogen and oxygen atoms in total. The Bertz CT molecular complexity index is 447. The maximum Gasteiger partial charge on any atom is 0.251 e. The first-order valence-electron chi connectivity index (χ1n) is 6.67. The fourth-order valence-corrected chi connectivity index (χ4v) is 1.61. The Hall–Kier alpha value is -2.01. The molecule has 0 saturated carbocycles. The van der Waals surface area contributed by atoms with Crippen LogP contribution in [0.15, 0.2) is 30.9 Å². The number of anilines is 1. The zero-order chi connectivity index (χ0) is 14.8. The summed E-state index contributed by atoms with van der Waals surface area (Å²) in [6.07, 6.45) is 2.60. The van der Waals surface area contributed by atoms with Crippen molar-refractivity contribution < 1.29 is 14.3 Å². The Morgan fingerprint density at radius 3 is 2.90 bits per heavy atom. The van der Waals surface area contributed by atoms with Crippen molar-refractivity contribution in [1.82, 2.24) is 5.32 Å². The molecule has 1 aromatic rings. The standard InChI is InChI=1S/C15H22N2O3/c1-3-5-7-19-8-6-17-15(18)12-9-13(16)11-14(10-12)20-4-2/h3,9-11H,1,4-8,16H2,2H3,(H,17,18). The van der Waals surface area contributed by atoms with E-state index in [1.54, 1.807) is 24.3 Å². The van der Waals surface area contributed by atoms with Gasteiger partial charge in [0.15, 0.2) is 0 Å². The lowest BCUT2D eigenvalue weighted by atomic mass is 10.1. The molecule has 0 spiro atoms. The maximum atomic E-state index is 11.9. The van der Waals surface area contributed by atoms with Crippen LogP contribution >= 0.6 is 0 Å². The molecule has 5 heteroatoms. The summed E-state index contributed by atoms with van der Waals surface area (Å²) < 4.78 is 10.7. The normalized spacial score (nSPS) is 10.1. The number of nitrogens with two attached hydrogens (primary N) is 1. The third kappa shape index (κ3) is 5.75. The van der Waals surface area contributed by atoms with Crippen LogP contribution in [-0.4, -0.2) is 32.3 Å². The Balaban J connectivity index is 2.44. The number of nitrogens with one attached hydrogen (secondary N) is 1. The lowest BCUT2D eigenvalue weighted by Gasteiger charge is -2.09. The van der Waals surface area contributed by atoms with E-state index in [-0.39, 0.29) is 5.91 Å². The Morgan fingerprint density at radius 1 is 1.40 bits per heavy atom. The van der Waals surface area contributed by atoms with E-state index < -0.39 is 0 Å². The fourth-order valence-electron chi connectivity index (χ4n) is 1.61. The first-order chi connectivity index (χ1) is 9.67. The van der Waals surface area contributed by atoms with Gasteiger partial charge < -0.3 is 20.5 Å². The monoisotopic (exact) mass is 278 g/mol. The first-order valence-corrected chi connectivity index (χ1v) is 6.67. The second-order valence-electron chi connectivity index (χ2n) is 4.17. The second kappa shape index (κ2) is 8.98.